The lowest BCUT2D eigenvalue weighted by atomic mass is 10.1. The zero-order valence-electron chi connectivity index (χ0n) is 10.2. The van der Waals surface area contributed by atoms with Gasteiger partial charge in [-0.1, -0.05) is 0 Å². The number of hydrogen-bond donors (Lipinski definition) is 1. The van der Waals surface area contributed by atoms with Gasteiger partial charge in [-0.3, -0.25) is 4.79 Å². The van der Waals surface area contributed by atoms with Gasteiger partial charge in [-0.05, 0) is 53.7 Å². The van der Waals surface area contributed by atoms with E-state index in [-0.39, 0.29) is 5.91 Å². The number of halogens is 1. The van der Waals surface area contributed by atoms with Gasteiger partial charge in [-0.15, -0.1) is 0 Å². The molecule has 1 saturated heterocycles. The van der Waals surface area contributed by atoms with Crippen molar-refractivity contribution >= 4 is 21.8 Å². The maximum Gasteiger partial charge on any atom is 0.254 e. The van der Waals surface area contributed by atoms with Gasteiger partial charge in [-0.2, -0.15) is 0 Å². The number of aromatic nitrogens is 1. The van der Waals surface area contributed by atoms with Crippen molar-refractivity contribution in [2.24, 2.45) is 0 Å². The highest BCUT2D eigenvalue weighted by atomic mass is 79.9. The van der Waals surface area contributed by atoms with Gasteiger partial charge in [0.05, 0.1) is 11.7 Å². The van der Waals surface area contributed by atoms with Crippen LogP contribution in [0.2, 0.25) is 0 Å². The van der Waals surface area contributed by atoms with Gasteiger partial charge in [0.2, 0.25) is 0 Å². The molecule has 1 fully saturated rings. The van der Waals surface area contributed by atoms with Gasteiger partial charge in [0.1, 0.15) is 4.60 Å². The molecule has 0 spiro atoms. The molecule has 1 atom stereocenters. The van der Waals surface area contributed by atoms with Crippen LogP contribution in [0.3, 0.4) is 0 Å². The largest absolute Gasteiger partial charge is 0.378 e. The third-order valence-electron chi connectivity index (χ3n) is 3.03. The summed E-state index contributed by atoms with van der Waals surface area (Å²) in [6, 6.07) is 3.51. The highest BCUT2D eigenvalue weighted by Gasteiger charge is 2.14. The molecule has 0 aliphatic carbocycles. The molecule has 1 unspecified atom stereocenters. The van der Waals surface area contributed by atoms with Crippen molar-refractivity contribution in [2.45, 2.75) is 31.8 Å². The fraction of sp³-hybridized carbons (Fsp3) is 0.538. The summed E-state index contributed by atoms with van der Waals surface area (Å²) in [7, 11) is 0. The number of carbonyl (C=O) groups is 1. The van der Waals surface area contributed by atoms with Gasteiger partial charge < -0.3 is 10.1 Å². The van der Waals surface area contributed by atoms with Crippen LogP contribution in [0.15, 0.2) is 22.9 Å². The molecule has 0 bridgehead atoms. The van der Waals surface area contributed by atoms with Crippen LogP contribution < -0.4 is 5.32 Å². The van der Waals surface area contributed by atoms with Crippen LogP contribution in [0.4, 0.5) is 0 Å². The first kappa shape index (κ1) is 13.5. The number of ether oxygens (including phenoxy) is 1. The zero-order valence-corrected chi connectivity index (χ0v) is 11.8. The van der Waals surface area contributed by atoms with Crippen molar-refractivity contribution < 1.29 is 9.53 Å². The average molecular weight is 313 g/mol. The number of nitrogens with zero attached hydrogens (tertiary/aromatic N) is 1. The molecule has 18 heavy (non-hydrogen) atoms. The first-order chi connectivity index (χ1) is 8.77. The van der Waals surface area contributed by atoms with Crippen LogP contribution in [0, 0.1) is 0 Å². The molecular formula is C13H17BrN2O2. The van der Waals surface area contributed by atoms with Crippen LogP contribution in [0.25, 0.3) is 0 Å². The minimum absolute atomic E-state index is 0.0919. The lowest BCUT2D eigenvalue weighted by Gasteiger charge is -2.22. The number of rotatable bonds is 4. The second-order valence-electron chi connectivity index (χ2n) is 4.37. The summed E-state index contributed by atoms with van der Waals surface area (Å²) in [5.74, 6) is -0.0919. The van der Waals surface area contributed by atoms with E-state index in [1.165, 1.54) is 6.42 Å². The summed E-state index contributed by atoms with van der Waals surface area (Å²) in [6.07, 6.45) is 6.32. The maximum absolute atomic E-state index is 11.9. The molecule has 0 radical (unpaired) electrons. The van der Waals surface area contributed by atoms with Crippen molar-refractivity contribution in [2.75, 3.05) is 13.2 Å². The van der Waals surface area contributed by atoms with Crippen molar-refractivity contribution in [3.63, 3.8) is 0 Å². The normalized spacial score (nSPS) is 19.5. The Balaban J connectivity index is 1.76. The molecule has 1 amide bonds. The van der Waals surface area contributed by atoms with E-state index >= 15 is 0 Å². The van der Waals surface area contributed by atoms with Crippen LogP contribution in [-0.4, -0.2) is 30.1 Å². The van der Waals surface area contributed by atoms with Gasteiger partial charge in [0, 0.05) is 19.3 Å². The standard InChI is InChI=1S/C13H17BrN2O2/c14-12-11(5-3-7-15-12)13(17)16-8-6-10-4-1-2-9-18-10/h3,5,7,10H,1-2,4,6,8-9H2,(H,16,17). The highest BCUT2D eigenvalue weighted by molar-refractivity contribution is 9.10. The number of amides is 1. The third-order valence-corrected chi connectivity index (χ3v) is 3.66. The second-order valence-corrected chi connectivity index (χ2v) is 5.13. The van der Waals surface area contributed by atoms with Gasteiger partial charge in [0.15, 0.2) is 0 Å². The molecule has 1 aliphatic heterocycles. The van der Waals surface area contributed by atoms with E-state index in [4.69, 9.17) is 4.74 Å². The molecule has 1 N–H and O–H groups in total. The van der Waals surface area contributed by atoms with E-state index in [1.54, 1.807) is 18.3 Å². The summed E-state index contributed by atoms with van der Waals surface area (Å²) in [6.45, 7) is 1.50. The molecule has 2 rings (SSSR count). The summed E-state index contributed by atoms with van der Waals surface area (Å²) >= 11 is 3.27. The Morgan fingerprint density at radius 3 is 3.17 bits per heavy atom. The lowest BCUT2D eigenvalue weighted by Crippen LogP contribution is -2.29. The minimum atomic E-state index is -0.0919. The SMILES string of the molecule is O=C(NCCC1CCCCO1)c1cccnc1Br. The van der Waals surface area contributed by atoms with E-state index in [9.17, 15) is 4.79 Å². The van der Waals surface area contributed by atoms with Crippen molar-refractivity contribution in [3.05, 3.63) is 28.5 Å². The Labute approximate surface area is 115 Å². The van der Waals surface area contributed by atoms with E-state index in [2.05, 4.69) is 26.2 Å². The predicted octanol–water partition coefficient (Wildman–Crippen LogP) is 2.53. The fourth-order valence-electron chi connectivity index (χ4n) is 2.03. The van der Waals surface area contributed by atoms with Crippen molar-refractivity contribution in [1.82, 2.24) is 10.3 Å². The summed E-state index contributed by atoms with van der Waals surface area (Å²) in [5.41, 5.74) is 0.571. The summed E-state index contributed by atoms with van der Waals surface area (Å²) < 4.78 is 6.20. The lowest BCUT2D eigenvalue weighted by molar-refractivity contribution is 0.0117. The molecule has 2 heterocycles. The van der Waals surface area contributed by atoms with E-state index in [0.29, 0.717) is 22.8 Å². The van der Waals surface area contributed by atoms with Crippen molar-refractivity contribution in [3.8, 4) is 0 Å². The Morgan fingerprint density at radius 1 is 1.56 bits per heavy atom. The smallest absolute Gasteiger partial charge is 0.254 e. The Morgan fingerprint density at radius 2 is 2.44 bits per heavy atom. The quantitative estimate of drug-likeness (QED) is 0.869. The van der Waals surface area contributed by atoms with E-state index < -0.39 is 0 Å². The molecule has 4 nitrogen and oxygen atoms in total. The van der Waals surface area contributed by atoms with Gasteiger partial charge in [-0.25, -0.2) is 4.98 Å². The Kier molecular flexibility index (Phi) is 5.13. The topological polar surface area (TPSA) is 51.2 Å². The molecule has 1 aromatic heterocycles. The van der Waals surface area contributed by atoms with Crippen LogP contribution >= 0.6 is 15.9 Å². The van der Waals surface area contributed by atoms with E-state index in [0.717, 1.165) is 25.9 Å². The number of pyridine rings is 1. The maximum atomic E-state index is 11.9. The first-order valence-electron chi connectivity index (χ1n) is 6.27. The van der Waals surface area contributed by atoms with E-state index in [1.807, 2.05) is 0 Å². The fourth-order valence-corrected chi connectivity index (χ4v) is 2.46. The molecular weight excluding hydrogens is 296 g/mol. The zero-order chi connectivity index (χ0) is 12.8. The molecule has 5 heteroatoms. The number of nitrogens with one attached hydrogen (secondary N) is 1. The van der Waals surface area contributed by atoms with Crippen molar-refractivity contribution in [1.29, 1.82) is 0 Å². The second kappa shape index (κ2) is 6.85. The minimum Gasteiger partial charge on any atom is -0.378 e. The first-order valence-corrected chi connectivity index (χ1v) is 7.07. The molecule has 1 aliphatic rings. The van der Waals surface area contributed by atoms with Crippen LogP contribution in [0.1, 0.15) is 36.0 Å². The van der Waals surface area contributed by atoms with Crippen LogP contribution in [-0.2, 0) is 4.74 Å². The predicted molar refractivity (Wildman–Crippen MR) is 72.5 cm³/mol. The Hall–Kier alpha value is -0.940. The summed E-state index contributed by atoms with van der Waals surface area (Å²) in [4.78, 5) is 15.9. The monoisotopic (exact) mass is 312 g/mol. The number of carbonyl (C=O) groups excluding carboxylic acids is 1. The summed E-state index contributed by atoms with van der Waals surface area (Å²) in [5, 5.41) is 2.90. The van der Waals surface area contributed by atoms with Crippen LogP contribution in [0.5, 0.6) is 0 Å². The van der Waals surface area contributed by atoms with Gasteiger partial charge >= 0.3 is 0 Å². The number of hydrogen-bond acceptors (Lipinski definition) is 3. The van der Waals surface area contributed by atoms with Gasteiger partial charge in [0.25, 0.3) is 5.91 Å². The molecule has 98 valence electrons. The average Bonchev–Trinajstić information content (AvgIpc) is 2.40. The molecule has 1 aromatic rings. The third kappa shape index (κ3) is 3.78. The molecule has 0 saturated carbocycles. The molecule has 0 aromatic carbocycles. The highest BCUT2D eigenvalue weighted by Crippen LogP contribution is 2.15. The Bertz CT molecular complexity index is 406.